The molecule has 2 rings (SSSR count). The average Bonchev–Trinajstić information content (AvgIpc) is 2.29. The molecule has 11 heavy (non-hydrogen) atoms. The van der Waals surface area contributed by atoms with E-state index in [0.717, 1.165) is 25.8 Å². The van der Waals surface area contributed by atoms with Gasteiger partial charge in [0.1, 0.15) is 5.54 Å². The van der Waals surface area contributed by atoms with E-state index in [2.05, 4.69) is 5.32 Å². The molecule has 1 aliphatic heterocycles. The molecule has 2 fully saturated rings. The Morgan fingerprint density at radius 2 is 2.45 bits per heavy atom. The zero-order valence-electron chi connectivity index (χ0n) is 6.47. The molecule has 0 radical (unpaired) electrons. The van der Waals surface area contributed by atoms with Crippen LogP contribution >= 0.6 is 0 Å². The number of hydrogen-bond acceptors (Lipinski definition) is 2. The van der Waals surface area contributed by atoms with Crippen molar-refractivity contribution in [3.63, 3.8) is 0 Å². The van der Waals surface area contributed by atoms with E-state index < -0.39 is 11.5 Å². The fourth-order valence-corrected chi connectivity index (χ4v) is 2.33. The molecule has 0 amide bonds. The van der Waals surface area contributed by atoms with Gasteiger partial charge in [-0.25, -0.2) is 0 Å². The van der Waals surface area contributed by atoms with E-state index in [1.54, 1.807) is 0 Å². The highest BCUT2D eigenvalue weighted by atomic mass is 16.4. The van der Waals surface area contributed by atoms with Crippen molar-refractivity contribution in [2.75, 3.05) is 6.54 Å². The SMILES string of the molecule is O=C(O)[C@]12CCCC(CN1)C2. The van der Waals surface area contributed by atoms with Crippen molar-refractivity contribution in [1.29, 1.82) is 0 Å². The summed E-state index contributed by atoms with van der Waals surface area (Å²) in [7, 11) is 0. The minimum absolute atomic E-state index is 0.539. The van der Waals surface area contributed by atoms with E-state index >= 15 is 0 Å². The van der Waals surface area contributed by atoms with Crippen molar-refractivity contribution < 1.29 is 9.90 Å². The number of rotatable bonds is 1. The monoisotopic (exact) mass is 155 g/mol. The van der Waals surface area contributed by atoms with Crippen LogP contribution in [0.25, 0.3) is 0 Å². The Hall–Kier alpha value is -0.570. The van der Waals surface area contributed by atoms with Crippen LogP contribution in [0.1, 0.15) is 25.7 Å². The van der Waals surface area contributed by atoms with Crippen LogP contribution in [0.5, 0.6) is 0 Å². The van der Waals surface area contributed by atoms with Gasteiger partial charge in [-0.2, -0.15) is 0 Å². The number of aliphatic carboxylic acids is 1. The zero-order valence-corrected chi connectivity index (χ0v) is 6.47. The number of carboxylic acid groups (broad SMARTS) is 1. The zero-order chi connectivity index (χ0) is 7.90. The maximum atomic E-state index is 10.9. The summed E-state index contributed by atoms with van der Waals surface area (Å²) in [6.07, 6.45) is 3.95. The fourth-order valence-electron chi connectivity index (χ4n) is 2.33. The van der Waals surface area contributed by atoms with Crippen LogP contribution in [-0.2, 0) is 4.79 Å². The first kappa shape index (κ1) is 7.10. The molecule has 2 bridgehead atoms. The van der Waals surface area contributed by atoms with E-state index in [1.807, 2.05) is 0 Å². The number of carboxylic acids is 1. The summed E-state index contributed by atoms with van der Waals surface area (Å²) in [5, 5.41) is 12.1. The molecule has 1 saturated heterocycles. The van der Waals surface area contributed by atoms with E-state index in [1.165, 1.54) is 6.42 Å². The number of fused-ring (bicyclic) bond motifs is 2. The van der Waals surface area contributed by atoms with Crippen LogP contribution < -0.4 is 5.32 Å². The predicted molar refractivity (Wildman–Crippen MR) is 40.3 cm³/mol. The molecule has 0 aromatic heterocycles. The number of nitrogens with one attached hydrogen (secondary N) is 1. The van der Waals surface area contributed by atoms with Gasteiger partial charge < -0.3 is 10.4 Å². The molecular formula is C8H13NO2. The van der Waals surface area contributed by atoms with Crippen LogP contribution in [0.4, 0.5) is 0 Å². The molecule has 2 atom stereocenters. The largest absolute Gasteiger partial charge is 0.480 e. The second kappa shape index (κ2) is 2.21. The van der Waals surface area contributed by atoms with Gasteiger partial charge in [0.2, 0.25) is 0 Å². The number of carbonyl (C=O) groups is 1. The normalized spacial score (nSPS) is 42.4. The highest BCUT2D eigenvalue weighted by Gasteiger charge is 2.47. The Morgan fingerprint density at radius 3 is 3.09 bits per heavy atom. The molecular weight excluding hydrogens is 142 g/mol. The molecule has 2 aliphatic rings. The van der Waals surface area contributed by atoms with Crippen LogP contribution in [-0.4, -0.2) is 23.2 Å². The maximum absolute atomic E-state index is 10.9. The van der Waals surface area contributed by atoms with Gasteiger partial charge in [-0.15, -0.1) is 0 Å². The molecule has 1 unspecified atom stereocenters. The minimum atomic E-state index is -0.653. The van der Waals surface area contributed by atoms with Gasteiger partial charge in [-0.05, 0) is 31.7 Å². The molecule has 0 spiro atoms. The lowest BCUT2D eigenvalue weighted by Gasteiger charge is -2.27. The van der Waals surface area contributed by atoms with Crippen molar-refractivity contribution in [3.05, 3.63) is 0 Å². The van der Waals surface area contributed by atoms with Gasteiger partial charge in [0, 0.05) is 0 Å². The minimum Gasteiger partial charge on any atom is -0.480 e. The van der Waals surface area contributed by atoms with Crippen molar-refractivity contribution in [2.24, 2.45) is 5.92 Å². The summed E-state index contributed by atoms with van der Waals surface area (Å²) < 4.78 is 0. The summed E-state index contributed by atoms with van der Waals surface area (Å²) in [5.41, 5.74) is -0.539. The Labute approximate surface area is 65.8 Å². The first-order valence-corrected chi connectivity index (χ1v) is 4.21. The lowest BCUT2D eigenvalue weighted by atomic mass is 9.80. The standard InChI is InChI=1S/C8H13NO2/c10-7(11)8-3-1-2-6(4-8)5-9-8/h6,9H,1-5H2,(H,10,11)/t6?,8-/m1/s1. The molecule has 1 aliphatic carbocycles. The maximum Gasteiger partial charge on any atom is 0.323 e. The smallest absolute Gasteiger partial charge is 0.323 e. The summed E-state index contributed by atoms with van der Waals surface area (Å²) in [5.74, 6) is -0.0282. The van der Waals surface area contributed by atoms with Gasteiger partial charge in [0.15, 0.2) is 0 Å². The Kier molecular flexibility index (Phi) is 1.42. The highest BCUT2D eigenvalue weighted by molar-refractivity contribution is 5.79. The summed E-state index contributed by atoms with van der Waals surface area (Å²) in [6.45, 7) is 0.909. The van der Waals surface area contributed by atoms with Crippen molar-refractivity contribution >= 4 is 5.97 Å². The van der Waals surface area contributed by atoms with Crippen molar-refractivity contribution in [2.45, 2.75) is 31.2 Å². The molecule has 3 heteroatoms. The topological polar surface area (TPSA) is 49.3 Å². The first-order chi connectivity index (χ1) is 5.23. The second-order valence-electron chi connectivity index (χ2n) is 3.73. The molecule has 3 nitrogen and oxygen atoms in total. The fraction of sp³-hybridized carbons (Fsp3) is 0.875. The molecule has 0 aromatic carbocycles. The molecule has 62 valence electrons. The second-order valence-corrected chi connectivity index (χ2v) is 3.73. The number of hydrogen-bond donors (Lipinski definition) is 2. The van der Waals surface area contributed by atoms with Crippen LogP contribution in [0.15, 0.2) is 0 Å². The van der Waals surface area contributed by atoms with Gasteiger partial charge in [-0.1, -0.05) is 6.42 Å². The Morgan fingerprint density at radius 1 is 1.64 bits per heavy atom. The van der Waals surface area contributed by atoms with E-state index in [0.29, 0.717) is 5.92 Å². The molecule has 1 heterocycles. The highest BCUT2D eigenvalue weighted by Crippen LogP contribution is 2.37. The average molecular weight is 155 g/mol. The Bertz CT molecular complexity index is 189. The third-order valence-electron chi connectivity index (χ3n) is 2.99. The predicted octanol–water partition coefficient (Wildman–Crippen LogP) is 0.603. The van der Waals surface area contributed by atoms with Gasteiger partial charge in [0.05, 0.1) is 0 Å². The summed E-state index contributed by atoms with van der Waals surface area (Å²) >= 11 is 0. The van der Waals surface area contributed by atoms with E-state index in [4.69, 9.17) is 5.11 Å². The van der Waals surface area contributed by atoms with E-state index in [-0.39, 0.29) is 0 Å². The third kappa shape index (κ3) is 0.948. The van der Waals surface area contributed by atoms with Crippen LogP contribution in [0.2, 0.25) is 0 Å². The lowest BCUT2D eigenvalue weighted by Crippen LogP contribution is -2.47. The summed E-state index contributed by atoms with van der Waals surface area (Å²) in [4.78, 5) is 10.9. The van der Waals surface area contributed by atoms with Gasteiger partial charge in [-0.3, -0.25) is 4.79 Å². The van der Waals surface area contributed by atoms with Crippen molar-refractivity contribution in [3.8, 4) is 0 Å². The molecule has 0 aromatic rings. The lowest BCUT2D eigenvalue weighted by molar-refractivity contribution is -0.145. The third-order valence-corrected chi connectivity index (χ3v) is 2.99. The molecule has 1 saturated carbocycles. The quantitative estimate of drug-likeness (QED) is 0.583. The van der Waals surface area contributed by atoms with Gasteiger partial charge >= 0.3 is 5.97 Å². The van der Waals surface area contributed by atoms with E-state index in [9.17, 15) is 4.79 Å². The van der Waals surface area contributed by atoms with Crippen molar-refractivity contribution in [1.82, 2.24) is 5.32 Å². The van der Waals surface area contributed by atoms with Crippen LogP contribution in [0.3, 0.4) is 0 Å². The summed E-state index contributed by atoms with van der Waals surface area (Å²) in [6, 6.07) is 0. The first-order valence-electron chi connectivity index (χ1n) is 4.21. The Balaban J connectivity index is 2.19. The van der Waals surface area contributed by atoms with Crippen LogP contribution in [0, 0.1) is 5.92 Å². The molecule has 2 N–H and O–H groups in total. The van der Waals surface area contributed by atoms with Gasteiger partial charge in [0.25, 0.3) is 0 Å².